The van der Waals surface area contributed by atoms with Gasteiger partial charge < -0.3 is 14.5 Å². The SMILES string of the molecule is CC(C)CC1CN(c2cncc(C(=O)C3=CCCN=C3F)n2)CCN1C(=O)OC(C)(C)C. The lowest BCUT2D eigenvalue weighted by atomic mass is 10.0. The Kier molecular flexibility index (Phi) is 7.26. The number of anilines is 1. The van der Waals surface area contributed by atoms with Gasteiger partial charge in [0.1, 0.15) is 17.1 Å². The maximum absolute atomic E-state index is 14.0. The molecule has 1 saturated heterocycles. The van der Waals surface area contributed by atoms with Gasteiger partial charge in [-0.15, -0.1) is 0 Å². The van der Waals surface area contributed by atoms with Crippen LogP contribution in [-0.4, -0.2) is 70.5 Å². The second kappa shape index (κ2) is 9.75. The molecule has 0 aliphatic carbocycles. The smallest absolute Gasteiger partial charge is 0.410 e. The monoisotopic (exact) mass is 445 g/mol. The summed E-state index contributed by atoms with van der Waals surface area (Å²) in [6.07, 6.45) is 5.49. The zero-order valence-corrected chi connectivity index (χ0v) is 19.5. The number of carbonyl (C=O) groups excluding carboxylic acids is 2. The molecule has 3 rings (SSSR count). The summed E-state index contributed by atoms with van der Waals surface area (Å²) in [5, 5.41) is 0. The molecule has 8 nitrogen and oxygen atoms in total. The summed E-state index contributed by atoms with van der Waals surface area (Å²) in [6, 6.07) is -0.0645. The summed E-state index contributed by atoms with van der Waals surface area (Å²) >= 11 is 0. The Morgan fingerprint density at radius 2 is 2.00 bits per heavy atom. The lowest BCUT2D eigenvalue weighted by Crippen LogP contribution is -2.56. The van der Waals surface area contributed by atoms with Gasteiger partial charge in [0, 0.05) is 26.2 Å². The van der Waals surface area contributed by atoms with E-state index in [4.69, 9.17) is 4.74 Å². The van der Waals surface area contributed by atoms with Crippen LogP contribution in [0.1, 0.15) is 57.9 Å². The number of halogens is 1. The average molecular weight is 446 g/mol. The number of ketones is 1. The third-order valence-corrected chi connectivity index (χ3v) is 5.23. The van der Waals surface area contributed by atoms with Gasteiger partial charge in [0.05, 0.1) is 24.0 Å². The van der Waals surface area contributed by atoms with Crippen LogP contribution in [0.3, 0.4) is 0 Å². The molecular formula is C23H32FN5O3. The van der Waals surface area contributed by atoms with Crippen LogP contribution >= 0.6 is 0 Å². The minimum Gasteiger partial charge on any atom is -0.444 e. The van der Waals surface area contributed by atoms with Crippen molar-refractivity contribution in [2.75, 3.05) is 31.1 Å². The number of rotatable bonds is 5. The first kappa shape index (κ1) is 23.8. The highest BCUT2D eigenvalue weighted by atomic mass is 19.1. The highest BCUT2D eigenvalue weighted by Gasteiger charge is 2.34. The molecule has 1 aromatic heterocycles. The highest BCUT2D eigenvalue weighted by molar-refractivity contribution is 6.25. The van der Waals surface area contributed by atoms with E-state index in [2.05, 4.69) is 28.8 Å². The molecule has 0 radical (unpaired) electrons. The Morgan fingerprint density at radius 1 is 1.25 bits per heavy atom. The predicted molar refractivity (Wildman–Crippen MR) is 121 cm³/mol. The Labute approximate surface area is 188 Å². The van der Waals surface area contributed by atoms with Gasteiger partial charge in [-0.1, -0.05) is 19.9 Å². The van der Waals surface area contributed by atoms with E-state index < -0.39 is 17.3 Å². The molecule has 2 aliphatic heterocycles. The summed E-state index contributed by atoms with van der Waals surface area (Å²) in [4.78, 5) is 41.6. The van der Waals surface area contributed by atoms with Gasteiger partial charge in [-0.05, 0) is 39.5 Å². The number of aromatic nitrogens is 2. The molecule has 0 saturated carbocycles. The van der Waals surface area contributed by atoms with E-state index in [0.717, 1.165) is 6.42 Å². The number of nitrogens with zero attached hydrogens (tertiary/aromatic N) is 5. The molecule has 174 valence electrons. The van der Waals surface area contributed by atoms with Crippen LogP contribution in [0.25, 0.3) is 0 Å². The minimum atomic E-state index is -0.753. The Hall–Kier alpha value is -2.84. The Morgan fingerprint density at radius 3 is 2.66 bits per heavy atom. The number of dihydropyridines is 1. The number of ether oxygens (including phenoxy) is 1. The Balaban J connectivity index is 1.78. The molecule has 1 atom stereocenters. The van der Waals surface area contributed by atoms with Crippen molar-refractivity contribution in [3.63, 3.8) is 0 Å². The van der Waals surface area contributed by atoms with Gasteiger partial charge in [-0.25, -0.2) is 9.78 Å². The van der Waals surface area contributed by atoms with Crippen molar-refractivity contribution in [2.45, 2.75) is 59.1 Å². The quantitative estimate of drug-likeness (QED) is 0.640. The molecule has 0 N–H and O–H groups in total. The van der Waals surface area contributed by atoms with Crippen LogP contribution in [0, 0.1) is 5.92 Å². The van der Waals surface area contributed by atoms with E-state index in [1.807, 2.05) is 25.7 Å². The van der Waals surface area contributed by atoms with Gasteiger partial charge in [0.25, 0.3) is 0 Å². The largest absolute Gasteiger partial charge is 0.444 e. The number of carbonyl (C=O) groups is 2. The molecule has 0 spiro atoms. The van der Waals surface area contributed by atoms with E-state index in [1.165, 1.54) is 6.20 Å². The first-order valence-electron chi connectivity index (χ1n) is 11.1. The van der Waals surface area contributed by atoms with Crippen LogP contribution in [0.4, 0.5) is 15.0 Å². The van der Waals surface area contributed by atoms with E-state index >= 15 is 0 Å². The number of hydrogen-bond donors (Lipinski definition) is 0. The normalized spacial score (nSPS) is 19.5. The summed E-state index contributed by atoms with van der Waals surface area (Å²) in [7, 11) is 0. The van der Waals surface area contributed by atoms with Crippen molar-refractivity contribution < 1.29 is 18.7 Å². The van der Waals surface area contributed by atoms with Crippen LogP contribution in [0.2, 0.25) is 0 Å². The van der Waals surface area contributed by atoms with E-state index in [1.54, 1.807) is 17.2 Å². The number of allylic oxidation sites excluding steroid dienone is 1. The van der Waals surface area contributed by atoms with Gasteiger partial charge in [-0.3, -0.25) is 14.8 Å². The molecule has 0 aromatic carbocycles. The molecule has 9 heteroatoms. The molecular weight excluding hydrogens is 413 g/mol. The van der Waals surface area contributed by atoms with Crippen molar-refractivity contribution in [1.82, 2.24) is 14.9 Å². The Bertz CT molecular complexity index is 922. The van der Waals surface area contributed by atoms with Gasteiger partial charge in [0.2, 0.25) is 11.7 Å². The lowest BCUT2D eigenvalue weighted by Gasteiger charge is -2.42. The third kappa shape index (κ3) is 5.89. The summed E-state index contributed by atoms with van der Waals surface area (Å²) < 4.78 is 19.6. The number of hydrogen-bond acceptors (Lipinski definition) is 7. The molecule has 1 fully saturated rings. The van der Waals surface area contributed by atoms with Crippen molar-refractivity contribution in [3.05, 3.63) is 29.7 Å². The molecule has 0 bridgehead atoms. The van der Waals surface area contributed by atoms with Gasteiger partial charge in [-0.2, -0.15) is 4.39 Å². The summed E-state index contributed by atoms with van der Waals surface area (Å²) in [5.41, 5.74) is -0.547. The highest BCUT2D eigenvalue weighted by Crippen LogP contribution is 2.24. The maximum Gasteiger partial charge on any atom is 0.410 e. The van der Waals surface area contributed by atoms with Crippen LogP contribution in [-0.2, 0) is 4.74 Å². The van der Waals surface area contributed by atoms with Crippen molar-refractivity contribution >= 4 is 23.7 Å². The first-order chi connectivity index (χ1) is 15.0. The van der Waals surface area contributed by atoms with E-state index in [-0.39, 0.29) is 23.4 Å². The van der Waals surface area contributed by atoms with Crippen molar-refractivity contribution in [2.24, 2.45) is 10.9 Å². The zero-order valence-electron chi connectivity index (χ0n) is 19.5. The summed E-state index contributed by atoms with van der Waals surface area (Å²) in [6.45, 7) is 11.7. The minimum absolute atomic E-state index is 0.0601. The van der Waals surface area contributed by atoms with E-state index in [0.29, 0.717) is 44.3 Å². The standard InChI is InChI=1S/C23H32FN5O3/c1-15(2)11-16-14-28(9-10-29(16)22(31)32-23(3,4)5)19-13-25-12-18(27-19)20(30)17-7-6-8-26-21(17)24/h7,12-13,15-16H,6,8-11,14H2,1-5H3. The molecule has 1 aromatic rings. The van der Waals surface area contributed by atoms with Crippen molar-refractivity contribution in [3.8, 4) is 0 Å². The van der Waals surface area contributed by atoms with Gasteiger partial charge >= 0.3 is 6.09 Å². The molecule has 32 heavy (non-hydrogen) atoms. The zero-order chi connectivity index (χ0) is 23.5. The number of aliphatic imine (C=N–C) groups is 1. The van der Waals surface area contributed by atoms with Crippen molar-refractivity contribution in [1.29, 1.82) is 0 Å². The topological polar surface area (TPSA) is 88.0 Å². The van der Waals surface area contributed by atoms with Crippen LogP contribution < -0.4 is 4.90 Å². The molecule has 3 heterocycles. The number of Topliss-reactive ketones (excluding diaryl/α,β-unsaturated/α-hetero) is 1. The van der Waals surface area contributed by atoms with Crippen LogP contribution in [0.5, 0.6) is 0 Å². The first-order valence-corrected chi connectivity index (χ1v) is 11.1. The predicted octanol–water partition coefficient (Wildman–Crippen LogP) is 3.83. The number of amides is 1. The second-order valence-electron chi connectivity index (χ2n) is 9.57. The number of piperazine rings is 1. The average Bonchev–Trinajstić information content (AvgIpc) is 2.72. The second-order valence-corrected chi connectivity index (χ2v) is 9.57. The molecule has 1 amide bonds. The lowest BCUT2D eigenvalue weighted by molar-refractivity contribution is 0.0119. The van der Waals surface area contributed by atoms with Crippen LogP contribution in [0.15, 0.2) is 29.0 Å². The van der Waals surface area contributed by atoms with Gasteiger partial charge in [0.15, 0.2) is 0 Å². The maximum atomic E-state index is 14.0. The summed E-state index contributed by atoms with van der Waals surface area (Å²) in [5.74, 6) is -0.366. The fraction of sp³-hybridized carbons (Fsp3) is 0.609. The van der Waals surface area contributed by atoms with E-state index in [9.17, 15) is 14.0 Å². The molecule has 1 unspecified atom stereocenters. The third-order valence-electron chi connectivity index (χ3n) is 5.23. The molecule has 2 aliphatic rings. The fourth-order valence-corrected chi connectivity index (χ4v) is 3.85. The fourth-order valence-electron chi connectivity index (χ4n) is 3.85.